The number of carbonyl (C=O) groups excluding carboxylic acids is 1. The quantitative estimate of drug-likeness (QED) is 0.683. The Balaban J connectivity index is 1.32. The van der Waals surface area contributed by atoms with Crippen LogP contribution in [0.2, 0.25) is 0 Å². The number of fused-ring (bicyclic) bond motifs is 2. The van der Waals surface area contributed by atoms with E-state index in [1.165, 1.54) is 31.4 Å². The molecule has 1 aromatic heterocycles. The fourth-order valence-corrected chi connectivity index (χ4v) is 5.42. The molecule has 29 heavy (non-hydrogen) atoms. The van der Waals surface area contributed by atoms with E-state index in [0.717, 1.165) is 45.2 Å². The molecular weight excluding hydrogens is 364 g/mol. The molecule has 1 N–H and O–H groups in total. The first-order valence-corrected chi connectivity index (χ1v) is 11.3. The Morgan fingerprint density at radius 1 is 1.24 bits per heavy atom. The molecule has 0 unspecified atom stereocenters. The Labute approximate surface area is 174 Å². The second-order valence-corrected chi connectivity index (χ2v) is 8.91. The van der Waals surface area contributed by atoms with Crippen molar-refractivity contribution in [2.45, 2.75) is 64.4 Å². The average molecular weight is 399 g/mol. The maximum atomic E-state index is 12.9. The molecule has 1 spiro atoms. The molecule has 3 aliphatic rings. The molecule has 1 saturated carbocycles. The smallest absolute Gasteiger partial charge is 0.269 e. The third-order valence-corrected chi connectivity index (χ3v) is 7.15. The summed E-state index contributed by atoms with van der Waals surface area (Å²) < 4.78 is 0. The summed E-state index contributed by atoms with van der Waals surface area (Å²) in [6.07, 6.45) is 12.9. The lowest BCUT2D eigenvalue weighted by atomic mass is 9.68. The number of piperidine rings is 1. The first-order chi connectivity index (χ1) is 14.2. The van der Waals surface area contributed by atoms with Crippen LogP contribution in [0.25, 0.3) is 0 Å². The summed E-state index contributed by atoms with van der Waals surface area (Å²) in [6, 6.07) is 3.97. The van der Waals surface area contributed by atoms with Crippen LogP contribution in [-0.2, 0) is 16.1 Å². The molecular formula is C23H34N4O2. The first kappa shape index (κ1) is 20.3. The van der Waals surface area contributed by atoms with Gasteiger partial charge in [0.05, 0.1) is 5.92 Å². The van der Waals surface area contributed by atoms with E-state index in [9.17, 15) is 4.79 Å². The molecule has 2 aliphatic heterocycles. The third-order valence-electron chi connectivity index (χ3n) is 7.15. The molecule has 0 aromatic carbocycles. The van der Waals surface area contributed by atoms with Crippen LogP contribution in [-0.4, -0.2) is 53.8 Å². The topological polar surface area (TPSA) is 66.8 Å². The van der Waals surface area contributed by atoms with Gasteiger partial charge in [-0.1, -0.05) is 24.9 Å². The number of aromatic nitrogens is 1. The molecule has 158 valence electrons. The predicted molar refractivity (Wildman–Crippen MR) is 114 cm³/mol. The van der Waals surface area contributed by atoms with Crippen LogP contribution in [0.1, 0.15) is 57.4 Å². The summed E-state index contributed by atoms with van der Waals surface area (Å²) in [7, 11) is 0. The molecule has 1 saturated heterocycles. The minimum absolute atomic E-state index is 0.0433. The summed E-state index contributed by atoms with van der Waals surface area (Å²) in [5, 5.41) is 7.33. The molecule has 4 rings (SSSR count). The van der Waals surface area contributed by atoms with E-state index in [2.05, 4.69) is 27.3 Å². The van der Waals surface area contributed by atoms with E-state index >= 15 is 0 Å². The summed E-state index contributed by atoms with van der Waals surface area (Å²) in [6.45, 7) is 6.36. The fraction of sp³-hybridized carbons (Fsp3) is 0.696. The number of hydrogen-bond acceptors (Lipinski definition) is 5. The zero-order chi connectivity index (χ0) is 20.1. The SMILES string of the molecule is CCCCCN1CCC2(CC[C@@H]3ON=C(C(=O)NCCc4ccncc4)[C@@H]32)CC1. The Morgan fingerprint density at radius 3 is 2.79 bits per heavy atom. The molecule has 3 heterocycles. The molecule has 6 heteroatoms. The van der Waals surface area contributed by atoms with Gasteiger partial charge < -0.3 is 15.1 Å². The number of hydrogen-bond donors (Lipinski definition) is 1. The third kappa shape index (κ3) is 4.47. The maximum absolute atomic E-state index is 12.9. The monoisotopic (exact) mass is 398 g/mol. The van der Waals surface area contributed by atoms with Crippen LogP contribution in [0.3, 0.4) is 0 Å². The highest BCUT2D eigenvalue weighted by molar-refractivity contribution is 6.40. The van der Waals surface area contributed by atoms with Gasteiger partial charge in [0.15, 0.2) is 5.71 Å². The number of carbonyl (C=O) groups is 1. The minimum Gasteiger partial charge on any atom is -0.391 e. The fourth-order valence-electron chi connectivity index (χ4n) is 5.42. The van der Waals surface area contributed by atoms with Gasteiger partial charge in [-0.3, -0.25) is 9.78 Å². The number of rotatable bonds is 8. The van der Waals surface area contributed by atoms with Crippen molar-refractivity contribution in [1.82, 2.24) is 15.2 Å². The van der Waals surface area contributed by atoms with Gasteiger partial charge in [-0.05, 0) is 81.3 Å². The lowest BCUT2D eigenvalue weighted by Gasteiger charge is -2.42. The molecule has 2 atom stereocenters. The van der Waals surface area contributed by atoms with E-state index in [1.54, 1.807) is 12.4 Å². The molecule has 0 radical (unpaired) electrons. The predicted octanol–water partition coefficient (Wildman–Crippen LogP) is 3.18. The summed E-state index contributed by atoms with van der Waals surface area (Å²) in [5.74, 6) is 0.124. The van der Waals surface area contributed by atoms with Crippen LogP contribution in [0.15, 0.2) is 29.7 Å². The van der Waals surface area contributed by atoms with Crippen molar-refractivity contribution in [3.63, 3.8) is 0 Å². The van der Waals surface area contributed by atoms with Gasteiger partial charge in [0.1, 0.15) is 6.10 Å². The molecule has 6 nitrogen and oxygen atoms in total. The van der Waals surface area contributed by atoms with Gasteiger partial charge in [-0.25, -0.2) is 0 Å². The Morgan fingerprint density at radius 2 is 2.03 bits per heavy atom. The van der Waals surface area contributed by atoms with Crippen LogP contribution < -0.4 is 5.32 Å². The number of nitrogens with zero attached hydrogens (tertiary/aromatic N) is 3. The number of amides is 1. The number of likely N-dealkylation sites (tertiary alicyclic amines) is 1. The van der Waals surface area contributed by atoms with Crippen LogP contribution >= 0.6 is 0 Å². The second-order valence-electron chi connectivity index (χ2n) is 8.91. The summed E-state index contributed by atoms with van der Waals surface area (Å²) in [4.78, 5) is 25.3. The van der Waals surface area contributed by atoms with E-state index in [-0.39, 0.29) is 23.3 Å². The number of nitrogens with one attached hydrogen (secondary N) is 1. The molecule has 1 aliphatic carbocycles. The zero-order valence-corrected chi connectivity index (χ0v) is 17.6. The zero-order valence-electron chi connectivity index (χ0n) is 17.6. The standard InChI is InChI=1S/C23H34N4O2/c1-2-3-4-15-27-16-10-23(11-17-27)9-5-19-20(23)21(26-29-19)22(28)25-14-8-18-6-12-24-13-7-18/h6-7,12-13,19-20H,2-5,8-11,14-17H2,1H3,(H,25,28)/t19-,20+/m0/s1. The Bertz CT molecular complexity index is 713. The Hall–Kier alpha value is -1.95. The van der Waals surface area contributed by atoms with Crippen molar-refractivity contribution in [1.29, 1.82) is 0 Å². The largest absolute Gasteiger partial charge is 0.391 e. The van der Waals surface area contributed by atoms with Crippen LogP contribution in [0.5, 0.6) is 0 Å². The molecule has 1 aromatic rings. The molecule has 1 amide bonds. The second kappa shape index (κ2) is 9.24. The maximum Gasteiger partial charge on any atom is 0.269 e. The van der Waals surface area contributed by atoms with Gasteiger partial charge in [0.2, 0.25) is 0 Å². The lowest BCUT2D eigenvalue weighted by Crippen LogP contribution is -2.48. The van der Waals surface area contributed by atoms with E-state index < -0.39 is 0 Å². The lowest BCUT2D eigenvalue weighted by molar-refractivity contribution is -0.115. The number of oxime groups is 1. The van der Waals surface area contributed by atoms with E-state index in [0.29, 0.717) is 12.3 Å². The summed E-state index contributed by atoms with van der Waals surface area (Å²) in [5.41, 5.74) is 2.01. The normalized spacial score (nSPS) is 25.5. The van der Waals surface area contributed by atoms with Crippen LogP contribution in [0.4, 0.5) is 0 Å². The van der Waals surface area contributed by atoms with Gasteiger partial charge in [0, 0.05) is 18.9 Å². The minimum atomic E-state index is -0.0433. The van der Waals surface area contributed by atoms with Crippen molar-refractivity contribution in [2.24, 2.45) is 16.5 Å². The van der Waals surface area contributed by atoms with Crippen molar-refractivity contribution in [2.75, 3.05) is 26.2 Å². The summed E-state index contributed by atoms with van der Waals surface area (Å²) >= 11 is 0. The van der Waals surface area contributed by atoms with E-state index in [4.69, 9.17) is 4.84 Å². The van der Waals surface area contributed by atoms with Crippen molar-refractivity contribution >= 4 is 11.6 Å². The van der Waals surface area contributed by atoms with Gasteiger partial charge in [0.25, 0.3) is 5.91 Å². The van der Waals surface area contributed by atoms with E-state index in [1.807, 2.05) is 12.1 Å². The molecule has 0 bridgehead atoms. The van der Waals surface area contributed by atoms with Crippen LogP contribution in [0, 0.1) is 11.3 Å². The van der Waals surface area contributed by atoms with Gasteiger partial charge in [-0.15, -0.1) is 0 Å². The average Bonchev–Trinajstić information content (AvgIpc) is 3.33. The highest BCUT2D eigenvalue weighted by Crippen LogP contribution is 2.54. The Kier molecular flexibility index (Phi) is 6.48. The van der Waals surface area contributed by atoms with Gasteiger partial charge in [-0.2, -0.15) is 0 Å². The number of pyridine rings is 1. The highest BCUT2D eigenvalue weighted by Gasteiger charge is 2.56. The van der Waals surface area contributed by atoms with Crippen molar-refractivity contribution in [3.05, 3.63) is 30.1 Å². The van der Waals surface area contributed by atoms with Gasteiger partial charge >= 0.3 is 0 Å². The highest BCUT2D eigenvalue weighted by atomic mass is 16.6. The molecule has 2 fully saturated rings. The number of unbranched alkanes of at least 4 members (excludes halogenated alkanes) is 2. The first-order valence-electron chi connectivity index (χ1n) is 11.3. The van der Waals surface area contributed by atoms with Crippen molar-refractivity contribution < 1.29 is 9.63 Å². The van der Waals surface area contributed by atoms with Crippen molar-refractivity contribution in [3.8, 4) is 0 Å².